The van der Waals surface area contributed by atoms with Gasteiger partial charge in [-0.1, -0.05) is 6.07 Å². The minimum Gasteiger partial charge on any atom is -0.396 e. The lowest BCUT2D eigenvalue weighted by Crippen LogP contribution is -2.39. The molecule has 0 bridgehead atoms. The van der Waals surface area contributed by atoms with Crippen LogP contribution in [0.3, 0.4) is 0 Å². The van der Waals surface area contributed by atoms with Crippen LogP contribution in [0, 0.1) is 5.92 Å². The number of alkyl halides is 3. The van der Waals surface area contributed by atoms with Crippen molar-refractivity contribution in [2.45, 2.75) is 19.0 Å². The van der Waals surface area contributed by atoms with Gasteiger partial charge in [0, 0.05) is 26.2 Å². The average Bonchev–Trinajstić information content (AvgIpc) is 2.47. The predicted molar refractivity (Wildman–Crippen MR) is 74.0 cm³/mol. The molecular weight excluding hydrogens is 283 g/mol. The van der Waals surface area contributed by atoms with E-state index >= 15 is 0 Å². The summed E-state index contributed by atoms with van der Waals surface area (Å²) in [7, 11) is 0. The third kappa shape index (κ3) is 4.86. The lowest BCUT2D eigenvalue weighted by Gasteiger charge is -2.31. The summed E-state index contributed by atoms with van der Waals surface area (Å²) in [5.41, 5.74) is -0.884. The van der Waals surface area contributed by atoms with Crippen molar-refractivity contribution in [1.82, 2.24) is 9.88 Å². The van der Waals surface area contributed by atoms with Gasteiger partial charge in [-0.15, -0.1) is 0 Å². The van der Waals surface area contributed by atoms with Crippen LogP contribution in [0.1, 0.15) is 18.5 Å². The zero-order chi connectivity index (χ0) is 15.3. The number of piperidine rings is 1. The maximum atomic E-state index is 12.5. The Bertz CT molecular complexity index is 453. The monoisotopic (exact) mass is 303 g/mol. The molecule has 7 heteroatoms. The fraction of sp³-hybridized carbons (Fsp3) is 0.643. The molecule has 0 spiro atoms. The predicted octanol–water partition coefficient (Wildman–Crippen LogP) is 2.22. The number of aliphatic hydroxyl groups excluding tert-OH is 1. The van der Waals surface area contributed by atoms with E-state index in [0.717, 1.165) is 38.5 Å². The van der Waals surface area contributed by atoms with Gasteiger partial charge in [-0.05, 0) is 37.4 Å². The Morgan fingerprint density at radius 1 is 1.38 bits per heavy atom. The van der Waals surface area contributed by atoms with Crippen LogP contribution in [-0.4, -0.2) is 47.8 Å². The molecule has 0 amide bonds. The number of nitrogens with zero attached hydrogens (tertiary/aromatic N) is 2. The first-order valence-corrected chi connectivity index (χ1v) is 7.10. The first kappa shape index (κ1) is 16.0. The summed E-state index contributed by atoms with van der Waals surface area (Å²) in [5, 5.41) is 12.1. The average molecular weight is 303 g/mol. The van der Waals surface area contributed by atoms with Gasteiger partial charge in [0.1, 0.15) is 11.5 Å². The van der Waals surface area contributed by atoms with Crippen LogP contribution in [0.4, 0.5) is 19.0 Å². The van der Waals surface area contributed by atoms with Crippen molar-refractivity contribution in [1.29, 1.82) is 0 Å². The molecule has 0 saturated carbocycles. The van der Waals surface area contributed by atoms with E-state index in [1.165, 1.54) is 12.1 Å². The quantitative estimate of drug-likeness (QED) is 0.875. The van der Waals surface area contributed by atoms with Gasteiger partial charge in [0.25, 0.3) is 0 Å². The lowest BCUT2D eigenvalue weighted by molar-refractivity contribution is -0.141. The van der Waals surface area contributed by atoms with Gasteiger partial charge in [0.05, 0.1) is 0 Å². The Morgan fingerprint density at radius 3 is 2.90 bits per heavy atom. The van der Waals surface area contributed by atoms with E-state index in [0.29, 0.717) is 12.5 Å². The van der Waals surface area contributed by atoms with Gasteiger partial charge in [0.2, 0.25) is 0 Å². The highest BCUT2D eigenvalue weighted by Crippen LogP contribution is 2.28. The van der Waals surface area contributed by atoms with Gasteiger partial charge in [0.15, 0.2) is 0 Å². The van der Waals surface area contributed by atoms with Crippen molar-refractivity contribution in [2.24, 2.45) is 5.92 Å². The third-order valence-electron chi connectivity index (χ3n) is 3.63. The number of nitrogens with one attached hydrogen (secondary N) is 1. The van der Waals surface area contributed by atoms with E-state index in [1.807, 2.05) is 0 Å². The van der Waals surface area contributed by atoms with E-state index < -0.39 is 11.9 Å². The number of aliphatic hydroxyl groups is 1. The molecule has 1 aromatic rings. The van der Waals surface area contributed by atoms with Crippen LogP contribution in [0.15, 0.2) is 18.2 Å². The highest BCUT2D eigenvalue weighted by Gasteiger charge is 2.32. The largest absolute Gasteiger partial charge is 0.433 e. The summed E-state index contributed by atoms with van der Waals surface area (Å²) < 4.78 is 37.6. The molecule has 2 N–H and O–H groups in total. The fourth-order valence-electron chi connectivity index (χ4n) is 2.54. The summed E-state index contributed by atoms with van der Waals surface area (Å²) in [6.07, 6.45) is -2.33. The fourth-order valence-corrected chi connectivity index (χ4v) is 2.54. The summed E-state index contributed by atoms with van der Waals surface area (Å²) in [5.74, 6) is 0.547. The van der Waals surface area contributed by atoms with E-state index in [2.05, 4.69) is 15.2 Å². The Balaban J connectivity index is 1.81. The molecule has 2 heterocycles. The van der Waals surface area contributed by atoms with Crippen LogP contribution in [0.25, 0.3) is 0 Å². The van der Waals surface area contributed by atoms with Gasteiger partial charge in [-0.2, -0.15) is 13.2 Å². The topological polar surface area (TPSA) is 48.4 Å². The van der Waals surface area contributed by atoms with Crippen LogP contribution in [0.5, 0.6) is 0 Å². The molecule has 4 nitrogen and oxygen atoms in total. The minimum absolute atomic E-state index is 0.194. The van der Waals surface area contributed by atoms with Crippen molar-refractivity contribution in [3.8, 4) is 0 Å². The summed E-state index contributed by atoms with van der Waals surface area (Å²) in [6.45, 7) is 3.27. The van der Waals surface area contributed by atoms with Gasteiger partial charge < -0.3 is 15.3 Å². The molecule has 0 radical (unpaired) electrons. The van der Waals surface area contributed by atoms with Crippen molar-refractivity contribution in [3.05, 3.63) is 23.9 Å². The SMILES string of the molecule is OC[C@H]1CCCN(CCNc2cccc(C(F)(F)F)n2)C1. The molecule has 1 aromatic heterocycles. The summed E-state index contributed by atoms with van der Waals surface area (Å²) in [6, 6.07) is 3.84. The third-order valence-corrected chi connectivity index (χ3v) is 3.63. The number of pyridine rings is 1. The highest BCUT2D eigenvalue weighted by atomic mass is 19.4. The van der Waals surface area contributed by atoms with Crippen LogP contribution in [0.2, 0.25) is 0 Å². The molecular formula is C14H20F3N3O. The Morgan fingerprint density at radius 2 is 2.19 bits per heavy atom. The first-order valence-electron chi connectivity index (χ1n) is 7.10. The van der Waals surface area contributed by atoms with Gasteiger partial charge >= 0.3 is 6.18 Å². The van der Waals surface area contributed by atoms with Gasteiger partial charge in [-0.3, -0.25) is 0 Å². The number of aromatic nitrogens is 1. The molecule has 1 saturated heterocycles. The lowest BCUT2D eigenvalue weighted by atomic mass is 9.99. The molecule has 2 rings (SSSR count). The first-order chi connectivity index (χ1) is 9.99. The molecule has 0 aromatic carbocycles. The number of hydrogen-bond acceptors (Lipinski definition) is 4. The number of rotatable bonds is 5. The highest BCUT2D eigenvalue weighted by molar-refractivity contribution is 5.35. The standard InChI is InChI=1S/C14H20F3N3O/c15-14(16,17)12-4-1-5-13(19-12)18-6-8-20-7-2-3-11(9-20)10-21/h1,4-5,11,21H,2-3,6-10H2,(H,18,19)/t11-/m0/s1. The minimum atomic E-state index is -4.42. The molecule has 0 aliphatic carbocycles. The van der Waals surface area contributed by atoms with Crippen molar-refractivity contribution in [2.75, 3.05) is 38.1 Å². The molecule has 1 atom stereocenters. The van der Waals surface area contributed by atoms with E-state index in [4.69, 9.17) is 5.11 Å². The molecule has 0 unspecified atom stereocenters. The molecule has 1 aliphatic rings. The van der Waals surface area contributed by atoms with Crippen LogP contribution >= 0.6 is 0 Å². The number of anilines is 1. The van der Waals surface area contributed by atoms with Crippen LogP contribution < -0.4 is 5.32 Å². The number of likely N-dealkylation sites (tertiary alicyclic amines) is 1. The molecule has 118 valence electrons. The second-order valence-electron chi connectivity index (χ2n) is 5.32. The molecule has 1 fully saturated rings. The number of hydrogen-bond donors (Lipinski definition) is 2. The Kier molecular flexibility index (Phi) is 5.41. The zero-order valence-electron chi connectivity index (χ0n) is 11.7. The zero-order valence-corrected chi connectivity index (χ0v) is 11.7. The molecule has 21 heavy (non-hydrogen) atoms. The second-order valence-corrected chi connectivity index (χ2v) is 5.32. The van der Waals surface area contributed by atoms with E-state index in [-0.39, 0.29) is 12.4 Å². The maximum absolute atomic E-state index is 12.5. The van der Waals surface area contributed by atoms with E-state index in [1.54, 1.807) is 0 Å². The Labute approximate surface area is 122 Å². The number of halogens is 3. The van der Waals surface area contributed by atoms with Crippen LogP contribution in [-0.2, 0) is 6.18 Å². The summed E-state index contributed by atoms with van der Waals surface area (Å²) >= 11 is 0. The summed E-state index contributed by atoms with van der Waals surface area (Å²) in [4.78, 5) is 5.78. The van der Waals surface area contributed by atoms with Gasteiger partial charge in [-0.25, -0.2) is 4.98 Å². The Hall–Kier alpha value is -1.34. The smallest absolute Gasteiger partial charge is 0.396 e. The second kappa shape index (κ2) is 7.09. The van der Waals surface area contributed by atoms with Crippen molar-refractivity contribution in [3.63, 3.8) is 0 Å². The molecule has 1 aliphatic heterocycles. The van der Waals surface area contributed by atoms with Crippen molar-refractivity contribution >= 4 is 5.82 Å². The maximum Gasteiger partial charge on any atom is 0.433 e. The normalized spacial score (nSPS) is 20.5. The van der Waals surface area contributed by atoms with Crippen molar-refractivity contribution < 1.29 is 18.3 Å². The van der Waals surface area contributed by atoms with E-state index in [9.17, 15) is 13.2 Å².